The smallest absolute Gasteiger partial charge is 0.152 e. The molecule has 0 aromatic heterocycles. The van der Waals surface area contributed by atoms with Crippen LogP contribution in [0.4, 0.5) is 11.4 Å². The van der Waals surface area contributed by atoms with Gasteiger partial charge in [-0.2, -0.15) is 0 Å². The molecule has 0 unspecified atom stereocenters. The van der Waals surface area contributed by atoms with E-state index >= 15 is 0 Å². The van der Waals surface area contributed by atoms with Crippen molar-refractivity contribution >= 4 is 17.7 Å². The standard InChI is InChI=1S/C7H8N2O2/c8-7-3-6(9-11)2-1-5(7)4-10/h1-4,9,11H,8H2. The van der Waals surface area contributed by atoms with E-state index in [2.05, 4.69) is 0 Å². The molecule has 0 spiro atoms. The Labute approximate surface area is 63.6 Å². The third-order valence-electron chi connectivity index (χ3n) is 1.34. The Balaban J connectivity index is 3.09. The molecule has 4 N–H and O–H groups in total. The van der Waals surface area contributed by atoms with Crippen molar-refractivity contribution in [2.45, 2.75) is 0 Å². The van der Waals surface area contributed by atoms with Gasteiger partial charge in [0.15, 0.2) is 6.29 Å². The van der Waals surface area contributed by atoms with Gasteiger partial charge >= 0.3 is 0 Å². The second-order valence-corrected chi connectivity index (χ2v) is 2.07. The summed E-state index contributed by atoms with van der Waals surface area (Å²) in [6, 6.07) is 4.56. The summed E-state index contributed by atoms with van der Waals surface area (Å²) in [7, 11) is 0. The zero-order chi connectivity index (χ0) is 8.27. The lowest BCUT2D eigenvalue weighted by molar-refractivity contribution is 0.112. The number of nitrogen functional groups attached to an aromatic ring is 1. The van der Waals surface area contributed by atoms with E-state index in [-0.39, 0.29) is 0 Å². The molecule has 58 valence electrons. The van der Waals surface area contributed by atoms with Crippen molar-refractivity contribution in [3.63, 3.8) is 0 Å². The Bertz CT molecular complexity index is 273. The van der Waals surface area contributed by atoms with Crippen LogP contribution in [0.25, 0.3) is 0 Å². The number of hydrogen-bond acceptors (Lipinski definition) is 4. The second-order valence-electron chi connectivity index (χ2n) is 2.07. The van der Waals surface area contributed by atoms with E-state index in [9.17, 15) is 4.79 Å². The van der Waals surface area contributed by atoms with Gasteiger partial charge in [-0.3, -0.25) is 15.5 Å². The molecule has 0 saturated heterocycles. The van der Waals surface area contributed by atoms with Gasteiger partial charge < -0.3 is 5.73 Å². The SMILES string of the molecule is Nc1cc(NO)ccc1C=O. The molecular formula is C7H8N2O2. The van der Waals surface area contributed by atoms with Gasteiger partial charge in [0.2, 0.25) is 0 Å². The quantitative estimate of drug-likeness (QED) is 0.334. The molecule has 0 aliphatic heterocycles. The lowest BCUT2D eigenvalue weighted by Gasteiger charge is -2.01. The summed E-state index contributed by atoms with van der Waals surface area (Å²) in [5.74, 6) is 0. The first-order valence-electron chi connectivity index (χ1n) is 3.02. The van der Waals surface area contributed by atoms with Crippen molar-refractivity contribution in [1.29, 1.82) is 0 Å². The fourth-order valence-electron chi connectivity index (χ4n) is 0.752. The number of rotatable bonds is 2. The minimum absolute atomic E-state index is 0.346. The average molecular weight is 152 g/mol. The Morgan fingerprint density at radius 2 is 2.27 bits per heavy atom. The van der Waals surface area contributed by atoms with E-state index in [0.29, 0.717) is 23.2 Å². The molecule has 0 fully saturated rings. The summed E-state index contributed by atoms with van der Waals surface area (Å²) in [4.78, 5) is 10.3. The first-order chi connectivity index (χ1) is 5.27. The highest BCUT2D eigenvalue weighted by Crippen LogP contribution is 2.15. The third-order valence-corrected chi connectivity index (χ3v) is 1.34. The predicted molar refractivity (Wildman–Crippen MR) is 41.7 cm³/mol. The molecule has 11 heavy (non-hydrogen) atoms. The fraction of sp³-hybridized carbons (Fsp3) is 0. The van der Waals surface area contributed by atoms with Crippen LogP contribution in [0.1, 0.15) is 10.4 Å². The average Bonchev–Trinajstić information content (AvgIpc) is 2.04. The summed E-state index contributed by atoms with van der Waals surface area (Å²) in [5, 5.41) is 8.43. The van der Waals surface area contributed by atoms with Gasteiger partial charge in [-0.05, 0) is 18.2 Å². The van der Waals surface area contributed by atoms with Crippen molar-refractivity contribution in [1.82, 2.24) is 0 Å². The van der Waals surface area contributed by atoms with Crippen LogP contribution >= 0.6 is 0 Å². The largest absolute Gasteiger partial charge is 0.398 e. The summed E-state index contributed by atoms with van der Waals surface area (Å²) >= 11 is 0. The van der Waals surface area contributed by atoms with Crippen molar-refractivity contribution < 1.29 is 10.0 Å². The predicted octanol–water partition coefficient (Wildman–Crippen LogP) is 0.882. The van der Waals surface area contributed by atoms with Gasteiger partial charge in [0.25, 0.3) is 0 Å². The molecule has 0 heterocycles. The Morgan fingerprint density at radius 1 is 1.55 bits per heavy atom. The second kappa shape index (κ2) is 3.03. The molecule has 1 aromatic carbocycles. The topological polar surface area (TPSA) is 75.3 Å². The van der Waals surface area contributed by atoms with Crippen LogP contribution in [0, 0.1) is 0 Å². The summed E-state index contributed by atoms with van der Waals surface area (Å²) in [6.45, 7) is 0. The molecule has 0 radical (unpaired) electrons. The number of hydrogen-bond donors (Lipinski definition) is 3. The number of carbonyl (C=O) groups is 1. The van der Waals surface area contributed by atoms with Gasteiger partial charge in [-0.25, -0.2) is 0 Å². The van der Waals surface area contributed by atoms with Crippen molar-refractivity contribution in [3.8, 4) is 0 Å². The normalized spacial score (nSPS) is 9.18. The number of anilines is 2. The van der Waals surface area contributed by atoms with Crippen LogP contribution in [0.3, 0.4) is 0 Å². The fourth-order valence-corrected chi connectivity index (χ4v) is 0.752. The monoisotopic (exact) mass is 152 g/mol. The lowest BCUT2D eigenvalue weighted by atomic mass is 10.2. The van der Waals surface area contributed by atoms with Crippen molar-refractivity contribution in [2.75, 3.05) is 11.2 Å². The van der Waals surface area contributed by atoms with Gasteiger partial charge in [-0.15, -0.1) is 0 Å². The van der Waals surface area contributed by atoms with Gasteiger partial charge in [-0.1, -0.05) is 0 Å². The number of carbonyl (C=O) groups excluding carboxylic acids is 1. The highest BCUT2D eigenvalue weighted by molar-refractivity contribution is 5.84. The molecule has 0 amide bonds. The zero-order valence-electron chi connectivity index (χ0n) is 5.74. The first-order valence-corrected chi connectivity index (χ1v) is 3.02. The van der Waals surface area contributed by atoms with Crippen LogP contribution < -0.4 is 11.2 Å². The molecule has 1 aromatic rings. The van der Waals surface area contributed by atoms with Crippen molar-refractivity contribution in [2.24, 2.45) is 0 Å². The number of aldehydes is 1. The molecule has 4 nitrogen and oxygen atoms in total. The van der Waals surface area contributed by atoms with Crippen LogP contribution in [-0.4, -0.2) is 11.5 Å². The number of nitrogens with two attached hydrogens (primary N) is 1. The molecule has 0 saturated carbocycles. The van der Waals surface area contributed by atoms with E-state index in [0.717, 1.165) is 0 Å². The molecule has 1 rings (SSSR count). The van der Waals surface area contributed by atoms with Crippen LogP contribution in [0.5, 0.6) is 0 Å². The lowest BCUT2D eigenvalue weighted by Crippen LogP contribution is -1.95. The van der Waals surface area contributed by atoms with E-state index in [1.54, 1.807) is 6.07 Å². The van der Waals surface area contributed by atoms with E-state index in [4.69, 9.17) is 10.9 Å². The van der Waals surface area contributed by atoms with Gasteiger partial charge in [0, 0.05) is 11.3 Å². The highest BCUT2D eigenvalue weighted by Gasteiger charge is 1.97. The summed E-state index contributed by atoms with van der Waals surface area (Å²) in [6.07, 6.45) is 0.663. The molecule has 0 atom stereocenters. The first kappa shape index (κ1) is 7.56. The minimum Gasteiger partial charge on any atom is -0.398 e. The third kappa shape index (κ3) is 1.47. The van der Waals surface area contributed by atoms with Crippen LogP contribution in [0.15, 0.2) is 18.2 Å². The Morgan fingerprint density at radius 3 is 2.73 bits per heavy atom. The summed E-state index contributed by atoms with van der Waals surface area (Å²) in [5.41, 5.74) is 8.58. The van der Waals surface area contributed by atoms with E-state index < -0.39 is 0 Å². The van der Waals surface area contributed by atoms with Crippen LogP contribution in [-0.2, 0) is 0 Å². The van der Waals surface area contributed by atoms with E-state index in [1.807, 2.05) is 5.48 Å². The Hall–Kier alpha value is -1.55. The van der Waals surface area contributed by atoms with Gasteiger partial charge in [0.1, 0.15) is 0 Å². The molecule has 0 aliphatic carbocycles. The maximum Gasteiger partial charge on any atom is 0.152 e. The minimum atomic E-state index is 0.346. The maximum atomic E-state index is 10.3. The number of benzene rings is 1. The summed E-state index contributed by atoms with van der Waals surface area (Å²) < 4.78 is 0. The maximum absolute atomic E-state index is 10.3. The molecule has 0 aliphatic rings. The Kier molecular flexibility index (Phi) is 2.08. The number of nitrogens with one attached hydrogen (secondary N) is 1. The highest BCUT2D eigenvalue weighted by atomic mass is 16.5. The molecule has 0 bridgehead atoms. The van der Waals surface area contributed by atoms with Gasteiger partial charge in [0.05, 0.1) is 5.69 Å². The van der Waals surface area contributed by atoms with Crippen LogP contribution in [0.2, 0.25) is 0 Å². The van der Waals surface area contributed by atoms with E-state index in [1.165, 1.54) is 12.1 Å². The zero-order valence-corrected chi connectivity index (χ0v) is 5.74. The van der Waals surface area contributed by atoms with Crippen molar-refractivity contribution in [3.05, 3.63) is 23.8 Å². The molecular weight excluding hydrogens is 144 g/mol. The molecule has 4 heteroatoms.